The SMILES string of the molecule is CC(=O)C1=C(C(C)=O)CCCC1.COC(=O)C(CC(C)C)NC(C)=O. The molecule has 6 nitrogen and oxygen atoms in total. The highest BCUT2D eigenvalue weighted by Crippen LogP contribution is 2.25. The van der Waals surface area contributed by atoms with Gasteiger partial charge in [0.2, 0.25) is 5.91 Å². The van der Waals surface area contributed by atoms with E-state index in [2.05, 4.69) is 10.1 Å². The quantitative estimate of drug-likeness (QED) is 0.742. The number of carbonyl (C=O) groups excluding carboxylic acids is 4. The van der Waals surface area contributed by atoms with Crippen LogP contribution in [0.4, 0.5) is 0 Å². The Kier molecular flexibility index (Phi) is 10.6. The van der Waals surface area contributed by atoms with E-state index in [4.69, 9.17) is 0 Å². The van der Waals surface area contributed by atoms with Crippen LogP contribution in [-0.4, -0.2) is 36.6 Å². The first-order valence-electron chi connectivity index (χ1n) is 8.68. The van der Waals surface area contributed by atoms with E-state index in [0.717, 1.165) is 36.8 Å². The van der Waals surface area contributed by atoms with Gasteiger partial charge < -0.3 is 10.1 Å². The standard InChI is InChI=1S/C10H14O2.C9H17NO3/c1-7(11)9-5-3-4-6-10(9)8(2)12;1-6(2)5-8(9(12)13-4)10-7(3)11/h3-6H2,1-2H3;6,8H,5H2,1-4H3,(H,10,11). The predicted octanol–water partition coefficient (Wildman–Crippen LogP) is 2.75. The molecular weight excluding hydrogens is 322 g/mol. The molecule has 0 bridgehead atoms. The Morgan fingerprint density at radius 2 is 1.40 bits per heavy atom. The maximum Gasteiger partial charge on any atom is 0.328 e. The van der Waals surface area contributed by atoms with Crippen LogP contribution in [0.2, 0.25) is 0 Å². The molecule has 25 heavy (non-hydrogen) atoms. The molecule has 0 spiro atoms. The zero-order chi connectivity index (χ0) is 19.6. The molecular formula is C19H31NO5. The topological polar surface area (TPSA) is 89.5 Å². The lowest BCUT2D eigenvalue weighted by molar-refractivity contribution is -0.145. The van der Waals surface area contributed by atoms with E-state index >= 15 is 0 Å². The summed E-state index contributed by atoms with van der Waals surface area (Å²) in [5.74, 6) is -0.115. The Morgan fingerprint density at radius 1 is 0.960 bits per heavy atom. The molecule has 0 saturated carbocycles. The summed E-state index contributed by atoms with van der Waals surface area (Å²) in [6, 6.07) is -0.512. The van der Waals surface area contributed by atoms with Gasteiger partial charge in [-0.05, 0) is 51.9 Å². The molecule has 0 fully saturated rings. The fourth-order valence-electron chi connectivity index (χ4n) is 2.76. The molecule has 142 valence electrons. The van der Waals surface area contributed by atoms with Gasteiger partial charge in [-0.1, -0.05) is 13.8 Å². The van der Waals surface area contributed by atoms with Crippen molar-refractivity contribution in [2.24, 2.45) is 5.92 Å². The van der Waals surface area contributed by atoms with E-state index < -0.39 is 6.04 Å². The van der Waals surface area contributed by atoms with Gasteiger partial charge in [0.25, 0.3) is 0 Å². The average molecular weight is 353 g/mol. The minimum atomic E-state index is -0.512. The van der Waals surface area contributed by atoms with Gasteiger partial charge in [0.05, 0.1) is 7.11 Å². The monoisotopic (exact) mass is 353 g/mol. The van der Waals surface area contributed by atoms with Crippen molar-refractivity contribution < 1.29 is 23.9 Å². The van der Waals surface area contributed by atoms with E-state index in [1.165, 1.54) is 14.0 Å². The van der Waals surface area contributed by atoms with Crippen LogP contribution in [0.15, 0.2) is 11.1 Å². The minimum Gasteiger partial charge on any atom is -0.467 e. The van der Waals surface area contributed by atoms with Crippen molar-refractivity contribution in [3.63, 3.8) is 0 Å². The molecule has 1 N–H and O–H groups in total. The third-order valence-electron chi connectivity index (χ3n) is 3.89. The van der Waals surface area contributed by atoms with Gasteiger partial charge in [0.1, 0.15) is 6.04 Å². The van der Waals surface area contributed by atoms with Crippen molar-refractivity contribution in [3.05, 3.63) is 11.1 Å². The number of hydrogen-bond donors (Lipinski definition) is 1. The molecule has 1 amide bonds. The number of hydrogen-bond acceptors (Lipinski definition) is 5. The number of Topliss-reactive ketones (excluding diaryl/α,β-unsaturated/α-hetero) is 2. The van der Waals surface area contributed by atoms with Crippen molar-refractivity contribution in [2.75, 3.05) is 7.11 Å². The van der Waals surface area contributed by atoms with Crippen molar-refractivity contribution in [3.8, 4) is 0 Å². The number of esters is 1. The first-order valence-corrected chi connectivity index (χ1v) is 8.68. The van der Waals surface area contributed by atoms with Crippen LogP contribution in [0.5, 0.6) is 0 Å². The van der Waals surface area contributed by atoms with Crippen LogP contribution < -0.4 is 5.32 Å². The van der Waals surface area contributed by atoms with Gasteiger partial charge in [0.15, 0.2) is 11.6 Å². The molecule has 1 unspecified atom stereocenters. The normalized spacial score (nSPS) is 15.0. The lowest BCUT2D eigenvalue weighted by Gasteiger charge is -2.16. The van der Waals surface area contributed by atoms with Gasteiger partial charge in [-0.2, -0.15) is 0 Å². The van der Waals surface area contributed by atoms with Gasteiger partial charge in [0, 0.05) is 18.1 Å². The smallest absolute Gasteiger partial charge is 0.328 e. The van der Waals surface area contributed by atoms with Crippen LogP contribution in [0.3, 0.4) is 0 Å². The predicted molar refractivity (Wildman–Crippen MR) is 95.9 cm³/mol. The number of rotatable bonds is 6. The summed E-state index contributed by atoms with van der Waals surface area (Å²) in [5, 5.41) is 2.55. The molecule has 0 radical (unpaired) electrons. The van der Waals surface area contributed by atoms with Crippen LogP contribution in [0, 0.1) is 5.92 Å². The Labute approximate surface area is 150 Å². The van der Waals surface area contributed by atoms with Crippen LogP contribution in [0.25, 0.3) is 0 Å². The number of amides is 1. The fraction of sp³-hybridized carbons (Fsp3) is 0.684. The zero-order valence-electron chi connectivity index (χ0n) is 16.2. The number of carbonyl (C=O) groups is 4. The lowest BCUT2D eigenvalue weighted by atomic mass is 9.88. The number of nitrogens with one attached hydrogen (secondary N) is 1. The molecule has 0 aliphatic heterocycles. The van der Waals surface area contributed by atoms with Crippen LogP contribution in [0.1, 0.15) is 66.7 Å². The van der Waals surface area contributed by atoms with Crippen molar-refractivity contribution in [1.29, 1.82) is 0 Å². The number of allylic oxidation sites excluding steroid dienone is 2. The second kappa shape index (κ2) is 11.6. The minimum absolute atomic E-state index is 0.0694. The number of ether oxygens (including phenoxy) is 1. The van der Waals surface area contributed by atoms with Gasteiger partial charge in [-0.15, -0.1) is 0 Å². The highest BCUT2D eigenvalue weighted by molar-refractivity contribution is 6.04. The second-order valence-corrected chi connectivity index (χ2v) is 6.68. The highest BCUT2D eigenvalue weighted by Gasteiger charge is 2.21. The fourth-order valence-corrected chi connectivity index (χ4v) is 2.76. The summed E-state index contributed by atoms with van der Waals surface area (Å²) in [5.41, 5.74) is 1.54. The van der Waals surface area contributed by atoms with E-state index in [-0.39, 0.29) is 23.4 Å². The van der Waals surface area contributed by atoms with Gasteiger partial charge >= 0.3 is 5.97 Å². The Bertz CT molecular complexity index is 508. The molecule has 1 aliphatic carbocycles. The molecule has 0 aromatic heterocycles. The molecule has 0 aromatic rings. The third kappa shape index (κ3) is 9.17. The average Bonchev–Trinajstić information content (AvgIpc) is 2.53. The summed E-state index contributed by atoms with van der Waals surface area (Å²) in [6.07, 6.45) is 4.29. The van der Waals surface area contributed by atoms with Gasteiger partial charge in [-0.3, -0.25) is 14.4 Å². The largest absolute Gasteiger partial charge is 0.467 e. The van der Waals surface area contributed by atoms with Crippen molar-refractivity contribution >= 4 is 23.4 Å². The molecule has 1 rings (SSSR count). The summed E-state index contributed by atoms with van der Waals surface area (Å²) < 4.78 is 4.56. The summed E-state index contributed by atoms with van der Waals surface area (Å²) in [4.78, 5) is 44.1. The Hall–Kier alpha value is -1.98. The number of methoxy groups -OCH3 is 1. The van der Waals surface area contributed by atoms with E-state index in [1.807, 2.05) is 13.8 Å². The van der Waals surface area contributed by atoms with Crippen LogP contribution >= 0.6 is 0 Å². The van der Waals surface area contributed by atoms with Gasteiger partial charge in [-0.25, -0.2) is 4.79 Å². The molecule has 6 heteroatoms. The lowest BCUT2D eigenvalue weighted by Crippen LogP contribution is -2.41. The van der Waals surface area contributed by atoms with Crippen molar-refractivity contribution in [2.45, 2.75) is 72.8 Å². The molecule has 0 aromatic carbocycles. The molecule has 0 heterocycles. The maximum absolute atomic E-state index is 11.1. The second-order valence-electron chi connectivity index (χ2n) is 6.68. The summed E-state index contributed by atoms with van der Waals surface area (Å²) in [6.45, 7) is 8.44. The van der Waals surface area contributed by atoms with Crippen LogP contribution in [-0.2, 0) is 23.9 Å². The zero-order valence-corrected chi connectivity index (χ0v) is 16.2. The number of ketones is 2. The van der Waals surface area contributed by atoms with E-state index in [0.29, 0.717) is 12.3 Å². The molecule has 0 saturated heterocycles. The first-order chi connectivity index (χ1) is 11.6. The summed E-state index contributed by atoms with van der Waals surface area (Å²) >= 11 is 0. The molecule has 1 aliphatic rings. The first kappa shape index (κ1) is 23.0. The highest BCUT2D eigenvalue weighted by atomic mass is 16.5. The Morgan fingerprint density at radius 3 is 1.68 bits per heavy atom. The van der Waals surface area contributed by atoms with E-state index in [1.54, 1.807) is 13.8 Å². The van der Waals surface area contributed by atoms with Crippen molar-refractivity contribution in [1.82, 2.24) is 5.32 Å². The summed E-state index contributed by atoms with van der Waals surface area (Å²) in [7, 11) is 1.32. The third-order valence-corrected chi connectivity index (χ3v) is 3.89. The molecule has 1 atom stereocenters. The maximum atomic E-state index is 11.1. The van der Waals surface area contributed by atoms with E-state index in [9.17, 15) is 19.2 Å². The Balaban J connectivity index is 0.000000462.